The maximum atomic E-state index is 12.9. The summed E-state index contributed by atoms with van der Waals surface area (Å²) in [6, 6.07) is -0.646. The average molecular weight is 397 g/mol. The SMILES string of the molecule is CC(C(=O)/N=C\N(C)C)N(C)C(=O)c1cc(C(F)(F)F)cc(C(F)(F)F)c1. The molecule has 0 saturated carbocycles. The van der Waals surface area contributed by atoms with Crippen LogP contribution in [0.15, 0.2) is 23.2 Å². The molecule has 0 heterocycles. The minimum atomic E-state index is -5.08. The Bertz CT molecular complexity index is 708. The van der Waals surface area contributed by atoms with Crippen molar-refractivity contribution in [2.24, 2.45) is 4.99 Å². The summed E-state index contributed by atoms with van der Waals surface area (Å²) >= 11 is 0. The number of aliphatic imine (C=N–C) groups is 1. The Morgan fingerprint density at radius 3 is 1.78 bits per heavy atom. The zero-order valence-corrected chi connectivity index (χ0v) is 14.8. The molecular formula is C16H17F6N3O2. The Balaban J connectivity index is 3.27. The molecule has 0 saturated heterocycles. The summed E-state index contributed by atoms with van der Waals surface area (Å²) in [4.78, 5) is 30.0. The number of carbonyl (C=O) groups excluding carboxylic acids is 2. The van der Waals surface area contributed by atoms with Gasteiger partial charge in [0.15, 0.2) is 0 Å². The lowest BCUT2D eigenvalue weighted by atomic mass is 10.0. The lowest BCUT2D eigenvalue weighted by Crippen LogP contribution is -2.40. The van der Waals surface area contributed by atoms with E-state index in [1.165, 1.54) is 11.8 Å². The molecule has 1 aromatic rings. The third-order valence-corrected chi connectivity index (χ3v) is 3.51. The van der Waals surface area contributed by atoms with E-state index in [9.17, 15) is 35.9 Å². The number of hydrogen-bond acceptors (Lipinski definition) is 2. The smallest absolute Gasteiger partial charge is 0.369 e. The van der Waals surface area contributed by atoms with Gasteiger partial charge >= 0.3 is 12.4 Å². The highest BCUT2D eigenvalue weighted by atomic mass is 19.4. The van der Waals surface area contributed by atoms with Crippen LogP contribution in [0, 0.1) is 0 Å². The maximum Gasteiger partial charge on any atom is 0.416 e. The highest BCUT2D eigenvalue weighted by Crippen LogP contribution is 2.36. The Morgan fingerprint density at radius 1 is 0.963 bits per heavy atom. The van der Waals surface area contributed by atoms with E-state index in [0.29, 0.717) is 12.1 Å². The van der Waals surface area contributed by atoms with Crippen LogP contribution < -0.4 is 0 Å². The van der Waals surface area contributed by atoms with E-state index in [1.54, 1.807) is 14.1 Å². The number of halogens is 6. The van der Waals surface area contributed by atoms with Gasteiger partial charge in [0, 0.05) is 26.7 Å². The molecule has 1 rings (SSSR count). The van der Waals surface area contributed by atoms with E-state index in [1.807, 2.05) is 0 Å². The molecule has 0 aliphatic rings. The van der Waals surface area contributed by atoms with Crippen LogP contribution in [0.25, 0.3) is 0 Å². The third-order valence-electron chi connectivity index (χ3n) is 3.51. The summed E-state index contributed by atoms with van der Waals surface area (Å²) in [5, 5.41) is 0. The van der Waals surface area contributed by atoms with Crippen molar-refractivity contribution in [3.8, 4) is 0 Å². The summed E-state index contributed by atoms with van der Waals surface area (Å²) < 4.78 is 77.4. The average Bonchev–Trinajstić information content (AvgIpc) is 2.55. The molecule has 0 fully saturated rings. The fourth-order valence-electron chi connectivity index (χ4n) is 1.90. The molecule has 1 unspecified atom stereocenters. The highest BCUT2D eigenvalue weighted by Gasteiger charge is 2.38. The second-order valence-corrected chi connectivity index (χ2v) is 5.93. The quantitative estimate of drug-likeness (QED) is 0.445. The molecule has 0 spiro atoms. The molecule has 0 N–H and O–H groups in total. The first-order valence-electron chi connectivity index (χ1n) is 7.45. The predicted molar refractivity (Wildman–Crippen MR) is 85.2 cm³/mol. The summed E-state index contributed by atoms with van der Waals surface area (Å²) in [5.41, 5.74) is -4.06. The largest absolute Gasteiger partial charge is 0.416 e. The van der Waals surface area contributed by atoms with E-state index in [4.69, 9.17) is 0 Å². The van der Waals surface area contributed by atoms with Crippen LogP contribution >= 0.6 is 0 Å². The van der Waals surface area contributed by atoms with Gasteiger partial charge in [0.1, 0.15) is 6.04 Å². The Morgan fingerprint density at radius 2 is 1.41 bits per heavy atom. The molecule has 1 aromatic carbocycles. The van der Waals surface area contributed by atoms with E-state index in [-0.39, 0.29) is 6.07 Å². The van der Waals surface area contributed by atoms with Crippen LogP contribution in [0.5, 0.6) is 0 Å². The molecule has 0 aliphatic heterocycles. The number of benzene rings is 1. The summed E-state index contributed by atoms with van der Waals surface area (Å²) in [6.45, 7) is 1.26. The third kappa shape index (κ3) is 5.97. The summed E-state index contributed by atoms with van der Waals surface area (Å²) in [7, 11) is 4.25. The van der Waals surface area contributed by atoms with Crippen LogP contribution in [0.3, 0.4) is 0 Å². The van der Waals surface area contributed by atoms with E-state index in [0.717, 1.165) is 18.3 Å². The van der Waals surface area contributed by atoms with Crippen LogP contribution in [0.4, 0.5) is 26.3 Å². The molecular weight excluding hydrogens is 380 g/mol. The van der Waals surface area contributed by atoms with Gasteiger partial charge in [-0.15, -0.1) is 0 Å². The molecule has 2 amide bonds. The standard InChI is InChI=1S/C16H17F6N3O2/c1-9(13(26)23-8-24(2)3)25(4)14(27)10-5-11(15(17,18)19)7-12(6-10)16(20,21)22/h5-9H,1-4H3/b23-8-. The predicted octanol–water partition coefficient (Wildman–Crippen LogP) is 3.30. The molecule has 27 heavy (non-hydrogen) atoms. The van der Waals surface area contributed by atoms with Crippen LogP contribution in [0.1, 0.15) is 28.4 Å². The second kappa shape index (κ2) is 7.97. The van der Waals surface area contributed by atoms with Crippen LogP contribution in [-0.4, -0.2) is 55.1 Å². The number of alkyl halides is 6. The lowest BCUT2D eigenvalue weighted by Gasteiger charge is -2.23. The number of nitrogens with zero attached hydrogens (tertiary/aromatic N) is 3. The van der Waals surface area contributed by atoms with Crippen molar-refractivity contribution in [2.45, 2.75) is 25.3 Å². The van der Waals surface area contributed by atoms with Gasteiger partial charge in [-0.2, -0.15) is 26.3 Å². The van der Waals surface area contributed by atoms with Crippen molar-refractivity contribution in [2.75, 3.05) is 21.1 Å². The van der Waals surface area contributed by atoms with Gasteiger partial charge < -0.3 is 9.80 Å². The van der Waals surface area contributed by atoms with Crippen LogP contribution in [0.2, 0.25) is 0 Å². The van der Waals surface area contributed by atoms with E-state index < -0.39 is 46.9 Å². The van der Waals surface area contributed by atoms with Crippen molar-refractivity contribution in [1.82, 2.24) is 9.80 Å². The van der Waals surface area contributed by atoms with Gasteiger partial charge in [-0.05, 0) is 25.1 Å². The first-order chi connectivity index (χ1) is 12.1. The zero-order valence-electron chi connectivity index (χ0n) is 14.8. The van der Waals surface area contributed by atoms with Crippen molar-refractivity contribution in [3.05, 3.63) is 34.9 Å². The first kappa shape index (κ1) is 22.5. The van der Waals surface area contributed by atoms with Crippen molar-refractivity contribution in [3.63, 3.8) is 0 Å². The first-order valence-corrected chi connectivity index (χ1v) is 7.45. The van der Waals surface area contributed by atoms with Crippen molar-refractivity contribution >= 4 is 18.2 Å². The number of hydrogen-bond donors (Lipinski definition) is 0. The lowest BCUT2D eigenvalue weighted by molar-refractivity contribution is -0.143. The topological polar surface area (TPSA) is 53.0 Å². The number of likely N-dealkylation sites (N-methyl/N-ethyl adjacent to an activating group) is 1. The highest BCUT2D eigenvalue weighted by molar-refractivity contribution is 5.98. The summed E-state index contributed by atoms with van der Waals surface area (Å²) in [5.74, 6) is -1.96. The molecule has 0 aliphatic carbocycles. The monoisotopic (exact) mass is 397 g/mol. The molecule has 150 valence electrons. The molecule has 0 aromatic heterocycles. The molecule has 11 heteroatoms. The second-order valence-electron chi connectivity index (χ2n) is 5.93. The van der Waals surface area contributed by atoms with E-state index in [2.05, 4.69) is 4.99 Å². The van der Waals surface area contributed by atoms with Gasteiger partial charge in [0.2, 0.25) is 0 Å². The van der Waals surface area contributed by atoms with Gasteiger partial charge in [-0.1, -0.05) is 0 Å². The molecule has 0 bridgehead atoms. The summed E-state index contributed by atoms with van der Waals surface area (Å²) in [6.07, 6.45) is -9.00. The zero-order chi connectivity index (χ0) is 21.2. The minimum absolute atomic E-state index is 0.0766. The Kier molecular flexibility index (Phi) is 6.63. The molecule has 1 atom stereocenters. The number of rotatable bonds is 4. The van der Waals surface area contributed by atoms with Gasteiger partial charge in [0.25, 0.3) is 11.8 Å². The maximum absolute atomic E-state index is 12.9. The Labute approximate surface area is 151 Å². The van der Waals surface area contributed by atoms with Crippen molar-refractivity contribution < 1.29 is 35.9 Å². The van der Waals surface area contributed by atoms with Gasteiger partial charge in [0.05, 0.1) is 17.5 Å². The van der Waals surface area contributed by atoms with E-state index >= 15 is 0 Å². The molecule has 5 nitrogen and oxygen atoms in total. The fraction of sp³-hybridized carbons (Fsp3) is 0.438. The normalized spacial score (nSPS) is 13.6. The Hall–Kier alpha value is -2.59. The van der Waals surface area contributed by atoms with Crippen LogP contribution in [-0.2, 0) is 17.1 Å². The van der Waals surface area contributed by atoms with Gasteiger partial charge in [-0.3, -0.25) is 9.59 Å². The number of carbonyl (C=O) groups is 2. The molecule has 0 radical (unpaired) electrons. The fourth-order valence-corrected chi connectivity index (χ4v) is 1.90. The van der Waals surface area contributed by atoms with Crippen molar-refractivity contribution in [1.29, 1.82) is 0 Å². The number of amides is 2. The van der Waals surface area contributed by atoms with Gasteiger partial charge in [-0.25, -0.2) is 4.99 Å². The minimum Gasteiger partial charge on any atom is -0.369 e.